The molecule has 1 aliphatic rings. The molecule has 1 aliphatic carbocycles. The van der Waals surface area contributed by atoms with Crippen LogP contribution >= 0.6 is 0 Å². The van der Waals surface area contributed by atoms with E-state index in [0.717, 1.165) is 15.8 Å². The van der Waals surface area contributed by atoms with Crippen LogP contribution in [-0.4, -0.2) is 44.2 Å². The van der Waals surface area contributed by atoms with Crippen LogP contribution in [0, 0.1) is 5.92 Å². The smallest absolute Gasteiger partial charge is 0.251 e. The number of nitrogens with zero attached hydrogens (tertiary/aromatic N) is 3. The maximum Gasteiger partial charge on any atom is 0.251 e. The van der Waals surface area contributed by atoms with Crippen LogP contribution in [0.5, 0.6) is 0 Å². The van der Waals surface area contributed by atoms with Crippen LogP contribution in [0.4, 0.5) is 8.78 Å². The summed E-state index contributed by atoms with van der Waals surface area (Å²) >= 11 is 0. The van der Waals surface area contributed by atoms with Crippen molar-refractivity contribution in [2.75, 3.05) is 6.54 Å². The summed E-state index contributed by atoms with van der Waals surface area (Å²) in [6.45, 7) is -0.00788. The van der Waals surface area contributed by atoms with E-state index in [0.29, 0.717) is 16.5 Å². The Balaban J connectivity index is 1.33. The van der Waals surface area contributed by atoms with E-state index < -0.39 is 24.0 Å². The van der Waals surface area contributed by atoms with E-state index in [1.165, 1.54) is 16.8 Å². The number of hydrogen-bond donors (Lipinski definition) is 2. The molecule has 2 aromatic heterocycles. The molecule has 5 rings (SSSR count). The first kappa shape index (κ1) is 23.9. The number of pyridine rings is 1. The van der Waals surface area contributed by atoms with Gasteiger partial charge in [0, 0.05) is 55.3 Å². The molecule has 186 valence electrons. The minimum atomic E-state index is -2.42. The van der Waals surface area contributed by atoms with Crippen molar-refractivity contribution < 1.29 is 18.7 Å². The standard InChI is InChI=1S/C27H26F2N4O3/c1-32-15-20(9-10-23(32)34)18-7-8-21-16-33(31-22(21)13-18)27(29)12-11-19(24(28)25(27)35)14-30-26(36)17-5-3-2-4-6-17/h2-10,13,15-16,19,24-25,35H,11-12,14H2,1H3,(H,30,36)/t19-,24-,25-,27+/m1/s1. The Labute approximate surface area is 206 Å². The number of aromatic nitrogens is 3. The Kier molecular flexibility index (Phi) is 6.17. The number of amides is 1. The van der Waals surface area contributed by atoms with Gasteiger partial charge in [0.2, 0.25) is 11.4 Å². The van der Waals surface area contributed by atoms with Crippen LogP contribution in [0.2, 0.25) is 0 Å². The van der Waals surface area contributed by atoms with Crippen molar-refractivity contribution in [3.63, 3.8) is 0 Å². The Morgan fingerprint density at radius 3 is 2.64 bits per heavy atom. The number of aryl methyl sites for hydroxylation is 1. The lowest BCUT2D eigenvalue weighted by molar-refractivity contribution is -0.153. The molecule has 0 unspecified atom stereocenters. The molecule has 1 fully saturated rings. The van der Waals surface area contributed by atoms with Crippen molar-refractivity contribution in [1.82, 2.24) is 19.7 Å². The number of alkyl halides is 2. The van der Waals surface area contributed by atoms with Gasteiger partial charge in [-0.1, -0.05) is 30.3 Å². The lowest BCUT2D eigenvalue weighted by Gasteiger charge is -2.40. The molecule has 1 saturated carbocycles. The number of carbonyl (C=O) groups is 1. The number of rotatable bonds is 5. The predicted octanol–water partition coefficient (Wildman–Crippen LogP) is 3.56. The number of aliphatic hydroxyl groups is 1. The van der Waals surface area contributed by atoms with Gasteiger partial charge in [-0.05, 0) is 41.8 Å². The molecular formula is C27H26F2N4O3. The van der Waals surface area contributed by atoms with Crippen LogP contribution in [0.1, 0.15) is 23.2 Å². The van der Waals surface area contributed by atoms with Crippen LogP contribution in [0.25, 0.3) is 22.0 Å². The van der Waals surface area contributed by atoms with Crippen LogP contribution < -0.4 is 10.9 Å². The van der Waals surface area contributed by atoms with Crippen LogP contribution in [0.3, 0.4) is 0 Å². The van der Waals surface area contributed by atoms with Crippen LogP contribution in [-0.2, 0) is 12.8 Å². The zero-order valence-corrected chi connectivity index (χ0v) is 19.6. The highest BCUT2D eigenvalue weighted by Gasteiger charge is 2.52. The fraction of sp³-hybridized carbons (Fsp3) is 0.296. The van der Waals surface area contributed by atoms with Gasteiger partial charge < -0.3 is 15.0 Å². The van der Waals surface area contributed by atoms with Crippen molar-refractivity contribution in [3.05, 3.63) is 89.0 Å². The second-order valence-electron chi connectivity index (χ2n) is 9.30. The van der Waals surface area contributed by atoms with Gasteiger partial charge in [0.1, 0.15) is 12.3 Å². The second-order valence-corrected chi connectivity index (χ2v) is 9.30. The highest BCUT2D eigenvalue weighted by molar-refractivity contribution is 5.94. The number of benzene rings is 2. The van der Waals surface area contributed by atoms with Crippen LogP contribution in [0.15, 0.2) is 77.9 Å². The van der Waals surface area contributed by atoms with Gasteiger partial charge in [0.15, 0.2) is 0 Å². The Hall–Kier alpha value is -3.85. The third kappa shape index (κ3) is 4.30. The topological polar surface area (TPSA) is 89.2 Å². The minimum Gasteiger partial charge on any atom is -0.385 e. The zero-order chi connectivity index (χ0) is 25.4. The summed E-state index contributed by atoms with van der Waals surface area (Å²) in [7, 11) is 1.66. The molecule has 2 aromatic carbocycles. The van der Waals surface area contributed by atoms with Crippen molar-refractivity contribution in [2.45, 2.75) is 30.9 Å². The Morgan fingerprint density at radius 1 is 1.14 bits per heavy atom. The summed E-state index contributed by atoms with van der Waals surface area (Å²) in [6, 6.07) is 17.1. The number of halogens is 2. The molecule has 4 atom stereocenters. The van der Waals surface area contributed by atoms with Gasteiger partial charge in [-0.25, -0.2) is 13.5 Å². The van der Waals surface area contributed by atoms with E-state index in [1.807, 2.05) is 6.07 Å². The van der Waals surface area contributed by atoms with E-state index in [-0.39, 0.29) is 30.9 Å². The minimum absolute atomic E-state index is 0.00788. The predicted molar refractivity (Wildman–Crippen MR) is 132 cm³/mol. The van der Waals surface area contributed by atoms with Gasteiger partial charge in [-0.2, -0.15) is 5.10 Å². The number of hydrogen-bond acceptors (Lipinski definition) is 4. The monoisotopic (exact) mass is 492 g/mol. The van der Waals surface area contributed by atoms with E-state index in [1.54, 1.807) is 61.8 Å². The van der Waals surface area contributed by atoms with Crippen molar-refractivity contribution in [3.8, 4) is 11.1 Å². The molecule has 0 saturated heterocycles. The normalized spacial score (nSPS) is 24.1. The second kappa shape index (κ2) is 9.31. The summed E-state index contributed by atoms with van der Waals surface area (Å²) in [5.41, 5.74) is 2.39. The van der Waals surface area contributed by atoms with Gasteiger partial charge in [-0.3, -0.25) is 9.59 Å². The molecule has 2 N–H and O–H groups in total. The van der Waals surface area contributed by atoms with E-state index in [2.05, 4.69) is 10.4 Å². The van der Waals surface area contributed by atoms with Gasteiger partial charge in [-0.15, -0.1) is 0 Å². The fourth-order valence-electron chi connectivity index (χ4n) is 4.73. The molecule has 7 nitrogen and oxygen atoms in total. The van der Waals surface area contributed by atoms with Gasteiger partial charge in [0.05, 0.1) is 5.52 Å². The first-order valence-electron chi connectivity index (χ1n) is 11.8. The SMILES string of the molecule is Cn1cc(-c2ccc3cn([C@@]4(F)CC[C@H](CNC(=O)c5ccccc5)[C@@H](F)[C@H]4O)nc3c2)ccc1=O. The average Bonchev–Trinajstić information content (AvgIpc) is 3.33. The molecule has 1 amide bonds. The molecule has 2 heterocycles. The lowest BCUT2D eigenvalue weighted by Crippen LogP contribution is -2.54. The molecule has 36 heavy (non-hydrogen) atoms. The molecule has 0 radical (unpaired) electrons. The lowest BCUT2D eigenvalue weighted by atomic mass is 9.80. The fourth-order valence-corrected chi connectivity index (χ4v) is 4.73. The van der Waals surface area contributed by atoms with Crippen molar-refractivity contribution >= 4 is 16.8 Å². The third-order valence-electron chi connectivity index (χ3n) is 6.94. The third-order valence-corrected chi connectivity index (χ3v) is 6.94. The van der Waals surface area contributed by atoms with E-state index in [4.69, 9.17) is 0 Å². The quantitative estimate of drug-likeness (QED) is 0.446. The highest BCUT2D eigenvalue weighted by atomic mass is 19.2. The van der Waals surface area contributed by atoms with E-state index >= 15 is 8.78 Å². The van der Waals surface area contributed by atoms with Crippen molar-refractivity contribution in [1.29, 1.82) is 0 Å². The maximum atomic E-state index is 16.0. The maximum absolute atomic E-state index is 16.0. The number of aliphatic hydroxyl groups excluding tert-OH is 1. The summed E-state index contributed by atoms with van der Waals surface area (Å²) in [4.78, 5) is 24.0. The zero-order valence-electron chi connectivity index (χ0n) is 19.6. The summed E-state index contributed by atoms with van der Waals surface area (Å²) < 4.78 is 33.7. The number of nitrogens with one attached hydrogen (secondary N) is 1. The molecule has 0 bridgehead atoms. The summed E-state index contributed by atoms with van der Waals surface area (Å²) in [5.74, 6) is -3.49. The first-order chi connectivity index (χ1) is 17.3. The molecule has 0 spiro atoms. The van der Waals surface area contributed by atoms with Gasteiger partial charge >= 0.3 is 0 Å². The average molecular weight is 493 g/mol. The van der Waals surface area contributed by atoms with E-state index in [9.17, 15) is 14.7 Å². The molecule has 9 heteroatoms. The highest BCUT2D eigenvalue weighted by Crippen LogP contribution is 2.41. The summed E-state index contributed by atoms with van der Waals surface area (Å²) in [6.07, 6.45) is -0.680. The van der Waals surface area contributed by atoms with Gasteiger partial charge in [0.25, 0.3) is 5.91 Å². The Morgan fingerprint density at radius 2 is 1.89 bits per heavy atom. The molecular weight excluding hydrogens is 466 g/mol. The number of carbonyl (C=O) groups excluding carboxylic acids is 1. The largest absolute Gasteiger partial charge is 0.385 e. The molecule has 0 aliphatic heterocycles. The molecule has 4 aromatic rings. The Bertz CT molecular complexity index is 1470. The summed E-state index contributed by atoms with van der Waals surface area (Å²) in [5, 5.41) is 18.3. The number of fused-ring (bicyclic) bond motifs is 1. The first-order valence-corrected chi connectivity index (χ1v) is 11.8. The van der Waals surface area contributed by atoms with Crippen molar-refractivity contribution in [2.24, 2.45) is 13.0 Å².